The average Bonchev–Trinajstić information content (AvgIpc) is 4.07. The molecule has 7 rings (SSSR count). The summed E-state index contributed by atoms with van der Waals surface area (Å²) in [7, 11) is 0. The molecule has 23 nitrogen and oxygen atoms in total. The minimum atomic E-state index is -4.34. The number of pyridine rings is 1. The van der Waals surface area contributed by atoms with Gasteiger partial charge in [0.25, 0.3) is 35.4 Å². The van der Waals surface area contributed by atoms with Crippen molar-refractivity contribution in [3.05, 3.63) is 101 Å². The molecule has 73 heavy (non-hydrogen) atoms. The number of nitrogens with two attached hydrogens (primary N) is 1. The zero-order valence-corrected chi connectivity index (χ0v) is 39.2. The predicted octanol–water partition coefficient (Wildman–Crippen LogP) is 4.07. The van der Waals surface area contributed by atoms with Crippen LogP contribution in [0.2, 0.25) is 0 Å². The molecule has 382 valence electrons. The van der Waals surface area contributed by atoms with Crippen LogP contribution in [0.15, 0.2) is 77.7 Å². The van der Waals surface area contributed by atoms with Crippen molar-refractivity contribution >= 4 is 64.9 Å². The van der Waals surface area contributed by atoms with Crippen molar-refractivity contribution in [2.45, 2.75) is 70.6 Å². The van der Waals surface area contributed by atoms with E-state index in [2.05, 4.69) is 36.3 Å². The first-order valence-corrected chi connectivity index (χ1v) is 22.4. The summed E-state index contributed by atoms with van der Waals surface area (Å²) in [6.45, 7) is 2.19. The number of unbranched alkanes of at least 4 members (excludes halogenated alkanes) is 2. The third kappa shape index (κ3) is 12.0. The number of nitrogens with zero attached hydrogens (tertiary/aromatic N) is 6. The van der Waals surface area contributed by atoms with E-state index in [9.17, 15) is 56.3 Å². The van der Waals surface area contributed by atoms with Crippen LogP contribution in [0.25, 0.3) is 17.1 Å². The molecule has 0 bridgehead atoms. The van der Waals surface area contributed by atoms with Gasteiger partial charge in [-0.3, -0.25) is 48.6 Å². The van der Waals surface area contributed by atoms with E-state index in [-0.39, 0.29) is 75.6 Å². The topological polar surface area (TPSA) is 309 Å². The van der Waals surface area contributed by atoms with Crippen LogP contribution in [-0.2, 0) is 19.1 Å². The van der Waals surface area contributed by atoms with Gasteiger partial charge >= 0.3 is 12.1 Å². The molecular weight excluding hydrogens is 968 g/mol. The van der Waals surface area contributed by atoms with Crippen molar-refractivity contribution in [2.24, 2.45) is 5.73 Å². The van der Waals surface area contributed by atoms with Crippen molar-refractivity contribution in [1.29, 1.82) is 0 Å². The fraction of sp³-hybridized carbons (Fsp3) is 0.319. The second kappa shape index (κ2) is 21.6. The number of rotatable bonds is 19. The van der Waals surface area contributed by atoms with Crippen molar-refractivity contribution in [2.75, 3.05) is 36.6 Å². The summed E-state index contributed by atoms with van der Waals surface area (Å²) in [5.74, 6) is -6.47. The molecule has 2 aliphatic heterocycles. The highest BCUT2D eigenvalue weighted by Crippen LogP contribution is 2.34. The van der Waals surface area contributed by atoms with E-state index < -0.39 is 84.2 Å². The Morgan fingerprint density at radius 3 is 2.36 bits per heavy atom. The first-order chi connectivity index (χ1) is 34.6. The van der Waals surface area contributed by atoms with Crippen molar-refractivity contribution < 1.29 is 70.2 Å². The standard InChI is InChI=1S/C47H46F3N11O12/c1-46(2,3)73-45(70)61(47(49,50)24-48)33-20-26(16-19-52-33)42-56-30(22-72-42)40(66)55-29-21-59(58-37(29)38(51)64)27-12-10-25(11-13-27)39(65)54-18-6-4-5-17-53-35(63)23-71-32-9-7-8-28-36(32)44(69)60(43(28)68)31-14-15-34(62)57-41(31)67/h7-13,16,19-22,31H,4-6,14-15,17-18,23-24H2,1-3H3,(H2,51,64)(H,53,63)(H,54,65)(H,55,66)(H,57,62,67). The Bertz CT molecular complexity index is 3010. The van der Waals surface area contributed by atoms with E-state index in [1.807, 2.05) is 0 Å². The molecule has 0 saturated carbocycles. The van der Waals surface area contributed by atoms with Crippen LogP contribution in [0.1, 0.15) is 105 Å². The molecule has 2 aliphatic rings. The number of primary amides is 1. The number of nitrogens with one attached hydrogen (secondary N) is 4. The van der Waals surface area contributed by atoms with Gasteiger partial charge in [-0.2, -0.15) is 18.8 Å². The largest absolute Gasteiger partial charge is 0.483 e. The average molecular weight is 1010 g/mol. The van der Waals surface area contributed by atoms with Crippen molar-refractivity contribution in [3.63, 3.8) is 0 Å². The first kappa shape index (κ1) is 51.9. The lowest BCUT2D eigenvalue weighted by atomic mass is 10.0. The quantitative estimate of drug-likeness (QED) is 0.0442. The van der Waals surface area contributed by atoms with Crippen LogP contribution in [0.3, 0.4) is 0 Å². The number of hydrogen-bond acceptors (Lipinski definition) is 15. The number of anilines is 2. The van der Waals surface area contributed by atoms with Gasteiger partial charge < -0.3 is 35.6 Å². The van der Waals surface area contributed by atoms with Crippen molar-refractivity contribution in [3.8, 4) is 22.9 Å². The molecule has 0 aliphatic carbocycles. The van der Waals surface area contributed by atoms with Gasteiger partial charge in [0.05, 0.1) is 28.7 Å². The molecule has 0 radical (unpaired) electrons. The highest BCUT2D eigenvalue weighted by atomic mass is 19.3. The molecule has 3 aromatic heterocycles. The van der Waals surface area contributed by atoms with Crippen LogP contribution < -0.4 is 36.6 Å². The van der Waals surface area contributed by atoms with Crippen LogP contribution in [-0.4, -0.2) is 122 Å². The maximum atomic E-state index is 14.7. The fourth-order valence-electron chi connectivity index (χ4n) is 7.44. The third-order valence-electron chi connectivity index (χ3n) is 10.9. The summed E-state index contributed by atoms with van der Waals surface area (Å²) < 4.78 is 60.1. The molecule has 9 amide bonds. The number of oxazole rings is 1. The van der Waals surface area contributed by atoms with E-state index in [0.717, 1.165) is 23.4 Å². The Kier molecular flexibility index (Phi) is 15.3. The number of carbonyl (C=O) groups excluding carboxylic acids is 9. The second-order valence-electron chi connectivity index (χ2n) is 17.3. The normalized spacial score (nSPS) is 14.5. The number of imide groups is 2. The predicted molar refractivity (Wildman–Crippen MR) is 247 cm³/mol. The zero-order valence-electron chi connectivity index (χ0n) is 39.2. The molecule has 5 aromatic rings. The Hall–Kier alpha value is -8.97. The number of piperidine rings is 1. The Morgan fingerprint density at radius 1 is 0.945 bits per heavy atom. The number of halogens is 3. The van der Waals surface area contributed by atoms with Gasteiger partial charge in [-0.15, -0.1) is 0 Å². The Morgan fingerprint density at radius 2 is 1.67 bits per heavy atom. The minimum Gasteiger partial charge on any atom is -0.483 e. The lowest BCUT2D eigenvalue weighted by Crippen LogP contribution is -2.54. The van der Waals surface area contributed by atoms with Crippen molar-refractivity contribution in [1.82, 2.24) is 40.6 Å². The molecule has 1 atom stereocenters. The van der Waals surface area contributed by atoms with Gasteiger partial charge in [-0.25, -0.2) is 23.8 Å². The van der Waals surface area contributed by atoms with Gasteiger partial charge in [0, 0.05) is 36.8 Å². The van der Waals surface area contributed by atoms with Crippen LogP contribution in [0.4, 0.5) is 29.5 Å². The number of carbonyl (C=O) groups is 9. The molecule has 2 aromatic carbocycles. The number of alkyl halides is 3. The van der Waals surface area contributed by atoms with Gasteiger partial charge in [-0.05, 0) is 95.0 Å². The smallest absolute Gasteiger partial charge is 0.420 e. The van der Waals surface area contributed by atoms with Gasteiger partial charge in [0.1, 0.15) is 29.5 Å². The molecule has 6 N–H and O–H groups in total. The van der Waals surface area contributed by atoms with Gasteiger partial charge in [0.15, 0.2) is 24.7 Å². The number of aromatic nitrogens is 4. The van der Waals surface area contributed by atoms with E-state index in [0.29, 0.717) is 37.1 Å². The van der Waals surface area contributed by atoms with Gasteiger partial charge in [0.2, 0.25) is 17.7 Å². The van der Waals surface area contributed by atoms with Gasteiger partial charge in [-0.1, -0.05) is 6.07 Å². The lowest BCUT2D eigenvalue weighted by Gasteiger charge is -2.30. The van der Waals surface area contributed by atoms with E-state index in [1.165, 1.54) is 80.2 Å². The number of benzene rings is 2. The van der Waals surface area contributed by atoms with E-state index >= 15 is 0 Å². The highest BCUT2D eigenvalue weighted by molar-refractivity contribution is 6.24. The summed E-state index contributed by atoms with van der Waals surface area (Å²) in [4.78, 5) is 122. The van der Waals surface area contributed by atoms with E-state index in [4.69, 9.17) is 19.6 Å². The highest BCUT2D eigenvalue weighted by Gasteiger charge is 2.47. The fourth-order valence-corrected chi connectivity index (χ4v) is 7.44. The molecular formula is C47H46F3N11O12. The number of amides is 9. The number of hydrogen-bond donors (Lipinski definition) is 5. The molecule has 0 spiro atoms. The Balaban J connectivity index is 0.860. The summed E-state index contributed by atoms with van der Waals surface area (Å²) in [5, 5.41) is 14.3. The van der Waals surface area contributed by atoms with Crippen LogP contribution in [0.5, 0.6) is 5.75 Å². The molecule has 1 fully saturated rings. The zero-order chi connectivity index (χ0) is 52.8. The Labute approximate surface area is 411 Å². The maximum absolute atomic E-state index is 14.7. The summed E-state index contributed by atoms with van der Waals surface area (Å²) in [6.07, 6.45) is 3.40. The molecule has 1 saturated heterocycles. The third-order valence-corrected chi connectivity index (χ3v) is 10.9. The SMILES string of the molecule is CC(C)(C)OC(=O)N(c1cc(-c2nc(C(=O)Nc3cn(-c4ccc(C(=O)NCCCCCNC(=O)COc5cccc6c5C(=O)N(C5CCC(=O)NC5=O)C6=O)cc4)nc3C(N)=O)co2)ccn1)C(F)(F)CF. The number of ether oxygens (including phenoxy) is 2. The molecule has 26 heteroatoms. The summed E-state index contributed by atoms with van der Waals surface area (Å²) in [5.41, 5.74) is 4.11. The molecule has 5 heterocycles. The summed E-state index contributed by atoms with van der Waals surface area (Å²) >= 11 is 0. The minimum absolute atomic E-state index is 0.00448. The summed E-state index contributed by atoms with van der Waals surface area (Å²) in [6, 6.07) is 7.14. The maximum Gasteiger partial charge on any atom is 0.420 e. The molecule has 1 unspecified atom stereocenters. The van der Waals surface area contributed by atoms with Crippen LogP contribution >= 0.6 is 0 Å². The monoisotopic (exact) mass is 1010 g/mol. The first-order valence-electron chi connectivity index (χ1n) is 22.4. The van der Waals surface area contributed by atoms with E-state index in [1.54, 1.807) is 0 Å². The lowest BCUT2D eigenvalue weighted by molar-refractivity contribution is -0.136. The van der Waals surface area contributed by atoms with Crippen LogP contribution in [0, 0.1) is 0 Å². The second-order valence-corrected chi connectivity index (χ2v) is 17.3. The number of fused-ring (bicyclic) bond motifs is 1.